The molecule has 138 valence electrons. The molecule has 1 saturated heterocycles. The van der Waals surface area contributed by atoms with E-state index in [2.05, 4.69) is 0 Å². The van der Waals surface area contributed by atoms with Gasteiger partial charge in [0.25, 0.3) is 5.56 Å². The Balaban J connectivity index is 2.01. The van der Waals surface area contributed by atoms with E-state index < -0.39 is 17.3 Å². The highest BCUT2D eigenvalue weighted by Crippen LogP contribution is 2.43. The van der Waals surface area contributed by atoms with Gasteiger partial charge in [-0.1, -0.05) is 6.92 Å². The third-order valence-corrected chi connectivity index (χ3v) is 5.34. The number of carboxylic acids is 1. The zero-order chi connectivity index (χ0) is 18.6. The van der Waals surface area contributed by atoms with Gasteiger partial charge in [0.15, 0.2) is 11.6 Å². The van der Waals surface area contributed by atoms with Crippen molar-refractivity contribution in [3.05, 3.63) is 39.6 Å². The van der Waals surface area contributed by atoms with Crippen molar-refractivity contribution in [2.75, 3.05) is 31.1 Å². The lowest BCUT2D eigenvalue weighted by Gasteiger charge is -2.29. The maximum Gasteiger partial charge on any atom is 0.341 e. The van der Waals surface area contributed by atoms with Gasteiger partial charge in [-0.05, 0) is 30.5 Å². The predicted molar refractivity (Wildman–Crippen MR) is 93.9 cm³/mol. The molecule has 0 radical (unpaired) electrons. The van der Waals surface area contributed by atoms with Gasteiger partial charge in [-0.25, -0.2) is 9.18 Å². The first-order chi connectivity index (χ1) is 12.4. The van der Waals surface area contributed by atoms with Gasteiger partial charge in [-0.3, -0.25) is 9.20 Å². The van der Waals surface area contributed by atoms with E-state index in [1.54, 1.807) is 0 Å². The summed E-state index contributed by atoms with van der Waals surface area (Å²) >= 11 is 0. The number of carbonyl (C=O) groups is 1. The molecule has 0 saturated carbocycles. The molecule has 0 aliphatic carbocycles. The second-order valence-corrected chi connectivity index (χ2v) is 7.05. The second kappa shape index (κ2) is 5.98. The monoisotopic (exact) mass is 361 g/mol. The molecule has 2 aliphatic heterocycles. The molecule has 7 nitrogen and oxygen atoms in total. The van der Waals surface area contributed by atoms with E-state index in [-0.39, 0.29) is 17.4 Å². The highest BCUT2D eigenvalue weighted by molar-refractivity contribution is 5.90. The van der Waals surface area contributed by atoms with E-state index in [1.165, 1.54) is 6.07 Å². The lowest BCUT2D eigenvalue weighted by Crippen LogP contribution is -2.30. The minimum absolute atomic E-state index is 0.107. The minimum Gasteiger partial charge on any atom is -0.488 e. The SMILES string of the molecule is C[C@H]1COc2c(N3CCC(CN)C3)c(F)cn3c(=O)c(C(=O)O)cc1c23. The summed E-state index contributed by atoms with van der Waals surface area (Å²) in [7, 11) is 0. The molecule has 2 aromatic heterocycles. The van der Waals surface area contributed by atoms with Gasteiger partial charge in [0, 0.05) is 19.0 Å². The first-order valence-electron chi connectivity index (χ1n) is 8.65. The summed E-state index contributed by atoms with van der Waals surface area (Å²) in [5, 5.41) is 9.31. The Kier molecular flexibility index (Phi) is 3.87. The van der Waals surface area contributed by atoms with Crippen molar-refractivity contribution in [2.24, 2.45) is 11.7 Å². The van der Waals surface area contributed by atoms with Crippen LogP contribution in [0.5, 0.6) is 5.75 Å². The van der Waals surface area contributed by atoms with Crippen LogP contribution in [0.15, 0.2) is 17.1 Å². The number of anilines is 1. The first-order valence-corrected chi connectivity index (χ1v) is 8.65. The molecule has 0 bridgehead atoms. The maximum atomic E-state index is 15.0. The summed E-state index contributed by atoms with van der Waals surface area (Å²) in [5.74, 6) is -1.43. The van der Waals surface area contributed by atoms with E-state index >= 15 is 0 Å². The Morgan fingerprint density at radius 3 is 2.92 bits per heavy atom. The van der Waals surface area contributed by atoms with Crippen LogP contribution in [0.1, 0.15) is 35.2 Å². The quantitative estimate of drug-likeness (QED) is 0.858. The molecular formula is C18H20FN3O4. The summed E-state index contributed by atoms with van der Waals surface area (Å²) in [6, 6.07) is 1.39. The van der Waals surface area contributed by atoms with E-state index in [0.29, 0.717) is 48.8 Å². The van der Waals surface area contributed by atoms with Gasteiger partial charge >= 0.3 is 5.97 Å². The van der Waals surface area contributed by atoms with Crippen LogP contribution in [0.25, 0.3) is 5.52 Å². The molecule has 4 heterocycles. The fourth-order valence-corrected chi connectivity index (χ4v) is 3.90. The van der Waals surface area contributed by atoms with Gasteiger partial charge in [-0.2, -0.15) is 0 Å². The van der Waals surface area contributed by atoms with E-state index in [0.717, 1.165) is 17.0 Å². The van der Waals surface area contributed by atoms with Crippen LogP contribution in [-0.4, -0.2) is 41.7 Å². The van der Waals surface area contributed by atoms with Gasteiger partial charge in [0.2, 0.25) is 0 Å². The lowest BCUT2D eigenvalue weighted by atomic mass is 9.96. The number of nitrogens with zero attached hydrogens (tertiary/aromatic N) is 2. The molecule has 1 unspecified atom stereocenters. The van der Waals surface area contributed by atoms with Crippen molar-refractivity contribution >= 4 is 17.2 Å². The Labute approximate surface area is 148 Å². The molecule has 8 heteroatoms. The number of ether oxygens (including phenoxy) is 1. The fraction of sp³-hybridized carbons (Fsp3) is 0.444. The minimum atomic E-state index is -1.32. The van der Waals surface area contributed by atoms with Gasteiger partial charge < -0.3 is 20.5 Å². The third kappa shape index (κ3) is 2.36. The standard InChI is InChI=1S/C18H20FN3O4/c1-9-8-26-16-14-11(9)4-12(18(24)25)17(23)22(14)7-13(19)15(16)21-3-2-10(5-20)6-21/h4,7,9-10H,2-3,5-6,8,20H2,1H3,(H,24,25)/t9-,10?/m0/s1. The van der Waals surface area contributed by atoms with Crippen LogP contribution < -0.4 is 20.9 Å². The largest absolute Gasteiger partial charge is 0.488 e. The second-order valence-electron chi connectivity index (χ2n) is 7.05. The van der Waals surface area contributed by atoms with Crippen molar-refractivity contribution in [2.45, 2.75) is 19.3 Å². The van der Waals surface area contributed by atoms with Crippen LogP contribution in [0.4, 0.5) is 10.1 Å². The molecule has 4 rings (SSSR count). The number of aromatic nitrogens is 1. The molecule has 0 amide bonds. The number of rotatable bonds is 3. The van der Waals surface area contributed by atoms with Crippen molar-refractivity contribution < 1.29 is 19.0 Å². The number of hydrogen-bond donors (Lipinski definition) is 2. The highest BCUT2D eigenvalue weighted by atomic mass is 19.1. The predicted octanol–water partition coefficient (Wildman–Crippen LogP) is 1.42. The summed E-state index contributed by atoms with van der Waals surface area (Å²) in [4.78, 5) is 25.8. The van der Waals surface area contributed by atoms with Crippen molar-refractivity contribution in [1.29, 1.82) is 0 Å². The molecule has 1 fully saturated rings. The molecule has 0 aromatic carbocycles. The Bertz CT molecular complexity index is 971. The summed E-state index contributed by atoms with van der Waals surface area (Å²) < 4.78 is 21.9. The van der Waals surface area contributed by atoms with Gasteiger partial charge in [0.05, 0.1) is 18.3 Å². The molecule has 3 N–H and O–H groups in total. The zero-order valence-electron chi connectivity index (χ0n) is 14.4. The van der Waals surface area contributed by atoms with E-state index in [9.17, 15) is 19.1 Å². The normalized spacial score (nSPS) is 21.9. The third-order valence-electron chi connectivity index (χ3n) is 5.34. The van der Waals surface area contributed by atoms with Crippen LogP contribution >= 0.6 is 0 Å². The fourth-order valence-electron chi connectivity index (χ4n) is 3.90. The van der Waals surface area contributed by atoms with Crippen molar-refractivity contribution in [1.82, 2.24) is 4.40 Å². The van der Waals surface area contributed by atoms with Gasteiger partial charge in [0.1, 0.15) is 11.3 Å². The average Bonchev–Trinajstić information content (AvgIpc) is 3.07. The smallest absolute Gasteiger partial charge is 0.341 e. The first kappa shape index (κ1) is 16.8. The topological polar surface area (TPSA) is 97.3 Å². The van der Waals surface area contributed by atoms with E-state index in [4.69, 9.17) is 10.5 Å². The summed E-state index contributed by atoms with van der Waals surface area (Å²) in [6.45, 7) is 4.00. The van der Waals surface area contributed by atoms with Crippen molar-refractivity contribution in [3.8, 4) is 5.75 Å². The Hall–Kier alpha value is -2.61. The van der Waals surface area contributed by atoms with E-state index in [1.807, 2.05) is 11.8 Å². The zero-order valence-corrected chi connectivity index (χ0v) is 14.4. The van der Waals surface area contributed by atoms with Crippen LogP contribution in [0.2, 0.25) is 0 Å². The highest BCUT2D eigenvalue weighted by Gasteiger charge is 2.33. The van der Waals surface area contributed by atoms with Crippen molar-refractivity contribution in [3.63, 3.8) is 0 Å². The number of hydrogen-bond acceptors (Lipinski definition) is 5. The summed E-state index contributed by atoms with van der Waals surface area (Å²) in [5.41, 5.74) is 6.07. The molecule has 0 spiro atoms. The number of pyridine rings is 2. The van der Waals surface area contributed by atoms with Crippen LogP contribution in [-0.2, 0) is 0 Å². The molecular weight excluding hydrogens is 341 g/mol. The Morgan fingerprint density at radius 1 is 1.50 bits per heavy atom. The number of nitrogens with two attached hydrogens (primary N) is 1. The molecule has 2 atom stereocenters. The number of halogens is 1. The van der Waals surface area contributed by atoms with Crippen LogP contribution in [0, 0.1) is 11.7 Å². The molecule has 2 aliphatic rings. The lowest BCUT2D eigenvalue weighted by molar-refractivity contribution is 0.0694. The molecule has 2 aromatic rings. The average molecular weight is 361 g/mol. The van der Waals surface area contributed by atoms with Crippen LogP contribution in [0.3, 0.4) is 0 Å². The number of carboxylic acid groups (broad SMARTS) is 1. The summed E-state index contributed by atoms with van der Waals surface area (Å²) in [6.07, 6.45) is 1.94. The number of aromatic carboxylic acids is 1. The van der Waals surface area contributed by atoms with Gasteiger partial charge in [-0.15, -0.1) is 0 Å². The molecule has 26 heavy (non-hydrogen) atoms. The Morgan fingerprint density at radius 2 is 2.27 bits per heavy atom. The maximum absolute atomic E-state index is 15.0.